The van der Waals surface area contributed by atoms with Crippen LogP contribution in [0.2, 0.25) is 0 Å². The van der Waals surface area contributed by atoms with E-state index in [0.29, 0.717) is 37.1 Å². The average Bonchev–Trinajstić information content (AvgIpc) is 2.39. The van der Waals surface area contributed by atoms with Crippen LogP contribution >= 0.6 is 15.9 Å². The molecule has 0 unspecified atom stereocenters. The van der Waals surface area contributed by atoms with Crippen molar-refractivity contribution in [3.05, 3.63) is 29.6 Å². The molecule has 0 aliphatic carbocycles. The molecule has 18 heavy (non-hydrogen) atoms. The van der Waals surface area contributed by atoms with Crippen LogP contribution < -0.4 is 4.90 Å². The molecule has 0 heterocycles. The first-order valence-electron chi connectivity index (χ1n) is 5.68. The fourth-order valence-corrected chi connectivity index (χ4v) is 2.20. The summed E-state index contributed by atoms with van der Waals surface area (Å²) in [6.45, 7) is 1.57. The smallest absolute Gasteiger partial charge is 0.146 e. The lowest BCUT2D eigenvalue weighted by Gasteiger charge is -2.26. The third-order valence-corrected chi connectivity index (χ3v) is 3.19. The molecule has 1 aromatic rings. The molecule has 1 aromatic carbocycles. The summed E-state index contributed by atoms with van der Waals surface area (Å²) >= 11 is 3.36. The van der Waals surface area contributed by atoms with Gasteiger partial charge in [0.25, 0.3) is 0 Å². The number of halogens is 2. The van der Waals surface area contributed by atoms with E-state index in [1.54, 1.807) is 13.2 Å². The van der Waals surface area contributed by atoms with E-state index < -0.39 is 0 Å². The SMILES string of the molecule is COCCN(CCC#N)c1c(F)cccc1CBr. The maximum atomic E-state index is 14.0. The van der Waals surface area contributed by atoms with E-state index in [0.717, 1.165) is 5.56 Å². The van der Waals surface area contributed by atoms with Crippen LogP contribution in [-0.4, -0.2) is 26.8 Å². The fourth-order valence-electron chi connectivity index (χ4n) is 1.74. The highest BCUT2D eigenvalue weighted by Gasteiger charge is 2.15. The van der Waals surface area contributed by atoms with Gasteiger partial charge >= 0.3 is 0 Å². The van der Waals surface area contributed by atoms with Gasteiger partial charge in [-0.1, -0.05) is 28.1 Å². The number of anilines is 1. The predicted molar refractivity (Wildman–Crippen MR) is 73.4 cm³/mol. The maximum Gasteiger partial charge on any atom is 0.146 e. The molecular formula is C13H16BrFN2O. The Morgan fingerprint density at radius 3 is 2.83 bits per heavy atom. The van der Waals surface area contributed by atoms with Crippen LogP contribution in [-0.2, 0) is 10.1 Å². The summed E-state index contributed by atoms with van der Waals surface area (Å²) in [5, 5.41) is 9.25. The van der Waals surface area contributed by atoms with Crippen molar-refractivity contribution in [2.24, 2.45) is 0 Å². The number of nitrogens with zero attached hydrogens (tertiary/aromatic N) is 2. The van der Waals surface area contributed by atoms with Crippen molar-refractivity contribution in [2.75, 3.05) is 31.7 Å². The summed E-state index contributed by atoms with van der Waals surface area (Å²) in [6.07, 6.45) is 0.361. The molecule has 98 valence electrons. The molecule has 0 fully saturated rings. The molecule has 0 saturated heterocycles. The number of ether oxygens (including phenoxy) is 1. The average molecular weight is 315 g/mol. The first kappa shape index (κ1) is 14.9. The van der Waals surface area contributed by atoms with Gasteiger partial charge in [0, 0.05) is 25.5 Å². The van der Waals surface area contributed by atoms with Gasteiger partial charge in [0.05, 0.1) is 24.8 Å². The lowest BCUT2D eigenvalue weighted by atomic mass is 10.1. The molecule has 3 nitrogen and oxygen atoms in total. The number of hydrogen-bond acceptors (Lipinski definition) is 3. The number of hydrogen-bond donors (Lipinski definition) is 0. The first-order chi connectivity index (χ1) is 8.74. The second kappa shape index (κ2) is 8.06. The number of rotatable bonds is 7. The number of methoxy groups -OCH3 is 1. The highest BCUT2D eigenvalue weighted by molar-refractivity contribution is 9.08. The van der Waals surface area contributed by atoms with Crippen LogP contribution in [0.15, 0.2) is 18.2 Å². The lowest BCUT2D eigenvalue weighted by molar-refractivity contribution is 0.205. The Kier molecular flexibility index (Phi) is 6.69. The topological polar surface area (TPSA) is 36.3 Å². The molecule has 0 N–H and O–H groups in total. The van der Waals surface area contributed by atoms with E-state index in [1.807, 2.05) is 11.0 Å². The van der Waals surface area contributed by atoms with Gasteiger partial charge in [-0.3, -0.25) is 0 Å². The van der Waals surface area contributed by atoms with Crippen LogP contribution in [0.4, 0.5) is 10.1 Å². The van der Waals surface area contributed by atoms with Crippen molar-refractivity contribution in [3.8, 4) is 6.07 Å². The van der Waals surface area contributed by atoms with Crippen molar-refractivity contribution in [1.29, 1.82) is 5.26 Å². The van der Waals surface area contributed by atoms with Crippen LogP contribution in [0.25, 0.3) is 0 Å². The van der Waals surface area contributed by atoms with Gasteiger partial charge in [-0.25, -0.2) is 4.39 Å². The summed E-state index contributed by atoms with van der Waals surface area (Å²) in [5.41, 5.74) is 1.44. The van der Waals surface area contributed by atoms with Crippen molar-refractivity contribution < 1.29 is 9.13 Å². The van der Waals surface area contributed by atoms with Crippen LogP contribution in [0.5, 0.6) is 0 Å². The summed E-state index contributed by atoms with van der Waals surface area (Å²) in [4.78, 5) is 1.86. The molecule has 5 heteroatoms. The molecule has 0 aromatic heterocycles. The van der Waals surface area contributed by atoms with Gasteiger partial charge in [0.2, 0.25) is 0 Å². The number of alkyl halides is 1. The number of nitriles is 1. The molecule has 0 aliphatic rings. The molecule has 0 spiro atoms. The first-order valence-corrected chi connectivity index (χ1v) is 6.81. The van der Waals surface area contributed by atoms with Gasteiger partial charge in [-0.05, 0) is 11.6 Å². The standard InChI is InChI=1S/C13H16BrFN2O/c1-18-9-8-17(7-3-6-16)13-11(10-14)4-2-5-12(13)15/h2,4-5H,3,7-10H2,1H3. The van der Waals surface area contributed by atoms with Crippen molar-refractivity contribution >= 4 is 21.6 Å². The minimum absolute atomic E-state index is 0.263. The lowest BCUT2D eigenvalue weighted by Crippen LogP contribution is -2.30. The van der Waals surface area contributed by atoms with Gasteiger partial charge in [0.15, 0.2) is 0 Å². The van der Waals surface area contributed by atoms with Crippen molar-refractivity contribution in [1.82, 2.24) is 0 Å². The Hall–Kier alpha value is -1.12. The van der Waals surface area contributed by atoms with E-state index in [1.165, 1.54) is 6.07 Å². The van der Waals surface area contributed by atoms with Crippen LogP contribution in [0.3, 0.4) is 0 Å². The highest BCUT2D eigenvalue weighted by atomic mass is 79.9. The summed E-state index contributed by atoms with van der Waals surface area (Å²) in [6, 6.07) is 7.09. The molecule has 0 atom stereocenters. The van der Waals surface area contributed by atoms with Gasteiger partial charge in [-0.2, -0.15) is 5.26 Å². The Bertz CT molecular complexity index is 420. The van der Waals surface area contributed by atoms with E-state index in [-0.39, 0.29) is 5.82 Å². The molecule has 1 rings (SSSR count). The monoisotopic (exact) mass is 314 g/mol. The second-order valence-corrected chi connectivity index (χ2v) is 4.33. The Morgan fingerprint density at radius 1 is 1.44 bits per heavy atom. The van der Waals surface area contributed by atoms with Gasteiger partial charge in [-0.15, -0.1) is 0 Å². The molecular weight excluding hydrogens is 299 g/mol. The third kappa shape index (κ3) is 3.97. The zero-order chi connectivity index (χ0) is 13.4. The largest absolute Gasteiger partial charge is 0.383 e. The molecule has 0 amide bonds. The van der Waals surface area contributed by atoms with Crippen LogP contribution in [0, 0.1) is 17.1 Å². The summed E-state index contributed by atoms with van der Waals surface area (Å²) in [5.74, 6) is -0.263. The number of para-hydroxylation sites is 1. The highest BCUT2D eigenvalue weighted by Crippen LogP contribution is 2.26. The Balaban J connectivity index is 2.99. The van der Waals surface area contributed by atoms with E-state index >= 15 is 0 Å². The van der Waals surface area contributed by atoms with Crippen molar-refractivity contribution in [3.63, 3.8) is 0 Å². The maximum absolute atomic E-state index is 14.0. The Labute approximate surface area is 115 Å². The minimum atomic E-state index is -0.263. The summed E-state index contributed by atoms with van der Waals surface area (Å²) in [7, 11) is 1.61. The quantitative estimate of drug-likeness (QED) is 0.726. The molecule has 0 radical (unpaired) electrons. The predicted octanol–water partition coefficient (Wildman–Crippen LogP) is 3.09. The molecule has 0 saturated carbocycles. The van der Waals surface area contributed by atoms with E-state index in [2.05, 4.69) is 22.0 Å². The Morgan fingerprint density at radius 2 is 2.22 bits per heavy atom. The second-order valence-electron chi connectivity index (χ2n) is 3.77. The van der Waals surface area contributed by atoms with Gasteiger partial charge < -0.3 is 9.64 Å². The molecule has 0 aliphatic heterocycles. The van der Waals surface area contributed by atoms with Crippen LogP contribution in [0.1, 0.15) is 12.0 Å². The molecule has 0 bridgehead atoms. The van der Waals surface area contributed by atoms with Gasteiger partial charge in [0.1, 0.15) is 5.82 Å². The van der Waals surface area contributed by atoms with E-state index in [9.17, 15) is 4.39 Å². The minimum Gasteiger partial charge on any atom is -0.383 e. The zero-order valence-corrected chi connectivity index (χ0v) is 11.9. The fraction of sp³-hybridized carbons (Fsp3) is 0.462. The zero-order valence-electron chi connectivity index (χ0n) is 10.3. The van der Waals surface area contributed by atoms with E-state index in [4.69, 9.17) is 10.00 Å². The summed E-state index contributed by atoms with van der Waals surface area (Å²) < 4.78 is 19.0. The third-order valence-electron chi connectivity index (χ3n) is 2.59. The van der Waals surface area contributed by atoms with Crippen molar-refractivity contribution in [2.45, 2.75) is 11.8 Å². The normalized spacial score (nSPS) is 10.1. The number of benzene rings is 1.